The molecule has 0 saturated carbocycles. The second kappa shape index (κ2) is 7.92. The highest BCUT2D eigenvalue weighted by molar-refractivity contribution is 5.96. The van der Waals surface area contributed by atoms with Crippen LogP contribution < -0.4 is 10.6 Å². The Balaban J connectivity index is 1.45. The Hall–Kier alpha value is -3.41. The number of benzene rings is 1. The van der Waals surface area contributed by atoms with Gasteiger partial charge in [0, 0.05) is 18.3 Å². The van der Waals surface area contributed by atoms with Crippen LogP contribution in [0.1, 0.15) is 15.9 Å². The van der Waals surface area contributed by atoms with E-state index in [4.69, 9.17) is 4.42 Å². The summed E-state index contributed by atoms with van der Waals surface area (Å²) in [5.74, 6) is 0.152. The number of aromatic nitrogens is 1. The lowest BCUT2D eigenvalue weighted by Crippen LogP contribution is -2.36. The lowest BCUT2D eigenvalue weighted by molar-refractivity contribution is -0.120. The maximum atomic E-state index is 11.9. The first-order chi connectivity index (χ1) is 12.2. The molecule has 0 aliphatic rings. The number of nitrogens with one attached hydrogen (secondary N) is 2. The fourth-order valence-electron chi connectivity index (χ4n) is 2.21. The number of hydrogen-bond acceptors (Lipinski definition) is 4. The van der Waals surface area contributed by atoms with Crippen LogP contribution in [-0.4, -0.2) is 23.3 Å². The highest BCUT2D eigenvalue weighted by Crippen LogP contribution is 2.16. The predicted molar refractivity (Wildman–Crippen MR) is 92.6 cm³/mol. The average Bonchev–Trinajstić information content (AvgIpc) is 3.20. The second-order valence-electron chi connectivity index (χ2n) is 5.35. The van der Waals surface area contributed by atoms with Crippen molar-refractivity contribution in [2.45, 2.75) is 6.54 Å². The molecule has 0 fully saturated rings. The van der Waals surface area contributed by atoms with Gasteiger partial charge in [-0.1, -0.05) is 24.3 Å². The fourth-order valence-corrected chi connectivity index (χ4v) is 2.21. The molecule has 6 nitrogen and oxygen atoms in total. The molecule has 1 aromatic carbocycles. The number of rotatable bonds is 6. The van der Waals surface area contributed by atoms with E-state index in [1.807, 2.05) is 24.3 Å². The topological polar surface area (TPSA) is 84.2 Å². The molecule has 0 spiro atoms. The summed E-state index contributed by atoms with van der Waals surface area (Å²) in [7, 11) is 0. The molecular formula is C19H17N3O3. The minimum atomic E-state index is -0.278. The summed E-state index contributed by atoms with van der Waals surface area (Å²) in [6, 6.07) is 16.1. The maximum Gasteiger partial charge on any atom is 0.251 e. The molecular weight excluding hydrogens is 318 g/mol. The highest BCUT2D eigenvalue weighted by atomic mass is 16.3. The van der Waals surface area contributed by atoms with Crippen LogP contribution in [0.2, 0.25) is 0 Å². The van der Waals surface area contributed by atoms with E-state index >= 15 is 0 Å². The lowest BCUT2D eigenvalue weighted by Gasteiger charge is -2.07. The molecule has 0 radical (unpaired) electrons. The molecule has 6 heteroatoms. The number of nitrogens with zero attached hydrogens (tertiary/aromatic N) is 1. The summed E-state index contributed by atoms with van der Waals surface area (Å²) in [5.41, 5.74) is 2.11. The van der Waals surface area contributed by atoms with Gasteiger partial charge in [0.25, 0.3) is 5.91 Å². The molecule has 0 saturated heterocycles. The first-order valence-electron chi connectivity index (χ1n) is 7.81. The Kier molecular flexibility index (Phi) is 5.21. The third kappa shape index (κ3) is 4.54. The predicted octanol–water partition coefficient (Wildman–Crippen LogP) is 2.39. The number of hydrogen-bond donors (Lipinski definition) is 2. The minimum Gasteiger partial charge on any atom is -0.463 e. The summed E-state index contributed by atoms with van der Waals surface area (Å²) in [4.78, 5) is 28.0. The molecule has 3 rings (SSSR count). The van der Waals surface area contributed by atoms with Gasteiger partial charge in [-0.05, 0) is 35.9 Å². The molecule has 0 atom stereocenters. The van der Waals surface area contributed by atoms with Crippen molar-refractivity contribution in [1.82, 2.24) is 15.6 Å². The zero-order valence-corrected chi connectivity index (χ0v) is 13.4. The van der Waals surface area contributed by atoms with Crippen LogP contribution in [0.15, 0.2) is 71.5 Å². The molecule has 0 aliphatic carbocycles. The smallest absolute Gasteiger partial charge is 0.251 e. The van der Waals surface area contributed by atoms with E-state index in [9.17, 15) is 9.59 Å². The van der Waals surface area contributed by atoms with Gasteiger partial charge in [-0.25, -0.2) is 0 Å². The Morgan fingerprint density at radius 3 is 2.48 bits per heavy atom. The molecule has 2 N–H and O–H groups in total. The van der Waals surface area contributed by atoms with Gasteiger partial charge in [0.05, 0.1) is 12.8 Å². The van der Waals surface area contributed by atoms with Crippen LogP contribution in [0.3, 0.4) is 0 Å². The Morgan fingerprint density at radius 2 is 1.80 bits per heavy atom. The van der Waals surface area contributed by atoms with E-state index in [0.717, 1.165) is 11.3 Å². The molecule has 0 aliphatic heterocycles. The van der Waals surface area contributed by atoms with Gasteiger partial charge in [0.2, 0.25) is 5.91 Å². The first kappa shape index (κ1) is 16.4. The van der Waals surface area contributed by atoms with Crippen molar-refractivity contribution in [2.75, 3.05) is 6.54 Å². The van der Waals surface area contributed by atoms with Crippen LogP contribution in [-0.2, 0) is 11.3 Å². The largest absolute Gasteiger partial charge is 0.463 e. The summed E-state index contributed by atoms with van der Waals surface area (Å²) in [6.07, 6.45) is 3.27. The molecule has 25 heavy (non-hydrogen) atoms. The second-order valence-corrected chi connectivity index (χ2v) is 5.35. The molecule has 0 unspecified atom stereocenters. The van der Waals surface area contributed by atoms with Gasteiger partial charge >= 0.3 is 0 Å². The monoisotopic (exact) mass is 335 g/mol. The highest BCUT2D eigenvalue weighted by Gasteiger charge is 2.08. The quantitative estimate of drug-likeness (QED) is 0.724. The number of carbonyl (C=O) groups is 2. The van der Waals surface area contributed by atoms with E-state index in [0.29, 0.717) is 17.9 Å². The third-order valence-corrected chi connectivity index (χ3v) is 3.53. The van der Waals surface area contributed by atoms with Crippen molar-refractivity contribution in [3.63, 3.8) is 0 Å². The summed E-state index contributed by atoms with van der Waals surface area (Å²) in [6.45, 7) is 0.261. The summed E-state index contributed by atoms with van der Waals surface area (Å²) in [5, 5.41) is 5.33. The van der Waals surface area contributed by atoms with E-state index in [2.05, 4.69) is 15.6 Å². The Morgan fingerprint density at radius 1 is 0.960 bits per heavy atom. The van der Waals surface area contributed by atoms with Crippen molar-refractivity contribution < 1.29 is 14.0 Å². The number of amides is 2. The van der Waals surface area contributed by atoms with E-state index < -0.39 is 0 Å². The van der Waals surface area contributed by atoms with Crippen LogP contribution >= 0.6 is 0 Å². The number of carbonyl (C=O) groups excluding carboxylic acids is 2. The SMILES string of the molecule is O=C(CNC(=O)c1ccccc1)NCc1ccc(-c2ccco2)nc1. The third-order valence-electron chi connectivity index (χ3n) is 3.53. The normalized spacial score (nSPS) is 10.2. The van der Waals surface area contributed by atoms with Crippen molar-refractivity contribution in [3.05, 3.63) is 78.2 Å². The fraction of sp³-hybridized carbons (Fsp3) is 0.105. The van der Waals surface area contributed by atoms with Gasteiger partial charge in [-0.15, -0.1) is 0 Å². The van der Waals surface area contributed by atoms with Gasteiger partial charge in [-0.2, -0.15) is 0 Å². The van der Waals surface area contributed by atoms with Crippen LogP contribution in [0.5, 0.6) is 0 Å². The van der Waals surface area contributed by atoms with Gasteiger partial charge < -0.3 is 15.1 Å². The standard InChI is InChI=1S/C19H17N3O3/c23-18(13-22-19(24)15-5-2-1-3-6-15)21-12-14-8-9-16(20-11-14)17-7-4-10-25-17/h1-11H,12-13H2,(H,21,23)(H,22,24). The van der Waals surface area contributed by atoms with Crippen molar-refractivity contribution in [2.24, 2.45) is 0 Å². The average molecular weight is 335 g/mol. The van der Waals surface area contributed by atoms with E-state index in [1.165, 1.54) is 0 Å². The van der Waals surface area contributed by atoms with Crippen LogP contribution in [0, 0.1) is 0 Å². The Bertz CT molecular complexity index is 828. The van der Waals surface area contributed by atoms with Crippen LogP contribution in [0.4, 0.5) is 0 Å². The zero-order chi connectivity index (χ0) is 17.5. The van der Waals surface area contributed by atoms with E-state index in [-0.39, 0.29) is 18.4 Å². The molecule has 0 bridgehead atoms. The van der Waals surface area contributed by atoms with E-state index in [1.54, 1.807) is 42.8 Å². The summed E-state index contributed by atoms with van der Waals surface area (Å²) >= 11 is 0. The molecule has 2 heterocycles. The van der Waals surface area contributed by atoms with Gasteiger partial charge in [0.15, 0.2) is 5.76 Å². The zero-order valence-electron chi connectivity index (χ0n) is 13.4. The molecule has 126 valence electrons. The number of pyridine rings is 1. The van der Waals surface area contributed by atoms with Crippen molar-refractivity contribution in [1.29, 1.82) is 0 Å². The maximum absolute atomic E-state index is 11.9. The molecule has 3 aromatic rings. The van der Waals surface area contributed by atoms with Gasteiger partial charge in [-0.3, -0.25) is 14.6 Å². The van der Waals surface area contributed by atoms with Crippen molar-refractivity contribution >= 4 is 11.8 Å². The van der Waals surface area contributed by atoms with Crippen LogP contribution in [0.25, 0.3) is 11.5 Å². The molecule has 2 amide bonds. The minimum absolute atomic E-state index is 0.0777. The Labute approximate surface area is 144 Å². The lowest BCUT2D eigenvalue weighted by atomic mass is 10.2. The van der Waals surface area contributed by atoms with Crippen molar-refractivity contribution in [3.8, 4) is 11.5 Å². The number of furan rings is 1. The summed E-state index contributed by atoms with van der Waals surface area (Å²) < 4.78 is 5.28. The van der Waals surface area contributed by atoms with Gasteiger partial charge in [0.1, 0.15) is 5.69 Å². The first-order valence-corrected chi connectivity index (χ1v) is 7.81. The molecule has 2 aromatic heterocycles.